The summed E-state index contributed by atoms with van der Waals surface area (Å²) < 4.78 is 5.33. The number of carbonyl (C=O) groups is 2. The van der Waals surface area contributed by atoms with Gasteiger partial charge in [-0.3, -0.25) is 9.59 Å². The van der Waals surface area contributed by atoms with Crippen molar-refractivity contribution in [1.82, 2.24) is 15.4 Å². The summed E-state index contributed by atoms with van der Waals surface area (Å²) in [6.45, 7) is 3.65. The van der Waals surface area contributed by atoms with Gasteiger partial charge in [0.05, 0.1) is 0 Å². The van der Waals surface area contributed by atoms with Crippen LogP contribution in [-0.4, -0.2) is 42.0 Å². The molecule has 0 spiro atoms. The molecule has 2 aromatic carbocycles. The largest absolute Gasteiger partial charge is 0.360 e. The average Bonchev–Trinajstić information content (AvgIpc) is 3.09. The summed E-state index contributed by atoms with van der Waals surface area (Å²) in [6.07, 6.45) is 0.396. The van der Waals surface area contributed by atoms with Crippen molar-refractivity contribution in [3.63, 3.8) is 0 Å². The number of aryl methyl sites for hydroxylation is 2. The maximum absolute atomic E-state index is 13.2. The Balaban J connectivity index is 1.92. The Morgan fingerprint density at radius 2 is 1.69 bits per heavy atom. The van der Waals surface area contributed by atoms with Crippen LogP contribution in [0.4, 0.5) is 0 Å². The second-order valence-corrected chi connectivity index (χ2v) is 7.23. The van der Waals surface area contributed by atoms with Gasteiger partial charge in [-0.25, -0.2) is 0 Å². The zero-order chi connectivity index (χ0) is 21.0. The van der Waals surface area contributed by atoms with Crippen molar-refractivity contribution in [3.05, 3.63) is 77.0 Å². The van der Waals surface area contributed by atoms with E-state index in [9.17, 15) is 9.59 Å². The molecule has 3 aromatic rings. The number of carbonyl (C=O) groups excluding carboxylic acids is 2. The van der Waals surface area contributed by atoms with Crippen molar-refractivity contribution in [2.45, 2.75) is 26.3 Å². The van der Waals surface area contributed by atoms with E-state index < -0.39 is 6.04 Å². The molecule has 150 valence electrons. The predicted molar refractivity (Wildman–Crippen MR) is 112 cm³/mol. The van der Waals surface area contributed by atoms with Crippen molar-refractivity contribution in [2.75, 3.05) is 14.1 Å². The molecule has 0 fully saturated rings. The highest BCUT2D eigenvalue weighted by Gasteiger charge is 2.28. The van der Waals surface area contributed by atoms with Crippen LogP contribution in [0.15, 0.2) is 59.1 Å². The van der Waals surface area contributed by atoms with Gasteiger partial charge in [0.2, 0.25) is 5.91 Å². The molecule has 1 heterocycles. The van der Waals surface area contributed by atoms with E-state index in [0.29, 0.717) is 23.4 Å². The molecular formula is C23H25N3O3. The Bertz CT molecular complexity index is 1010. The van der Waals surface area contributed by atoms with Crippen LogP contribution in [0.3, 0.4) is 0 Å². The molecule has 3 rings (SSSR count). The van der Waals surface area contributed by atoms with Gasteiger partial charge in [0, 0.05) is 26.1 Å². The fraction of sp³-hybridized carbons (Fsp3) is 0.261. The summed E-state index contributed by atoms with van der Waals surface area (Å²) in [5, 5.41) is 7.00. The Morgan fingerprint density at radius 3 is 2.34 bits per heavy atom. The topological polar surface area (TPSA) is 75.4 Å². The third kappa shape index (κ3) is 4.54. The average molecular weight is 391 g/mol. The molecule has 0 saturated carbocycles. The van der Waals surface area contributed by atoms with E-state index in [4.69, 9.17) is 4.52 Å². The van der Waals surface area contributed by atoms with Gasteiger partial charge in [-0.15, -0.1) is 0 Å². The fourth-order valence-corrected chi connectivity index (χ4v) is 3.25. The van der Waals surface area contributed by atoms with E-state index in [-0.39, 0.29) is 11.8 Å². The van der Waals surface area contributed by atoms with Gasteiger partial charge in [0.1, 0.15) is 23.1 Å². The highest BCUT2D eigenvalue weighted by atomic mass is 16.5. The van der Waals surface area contributed by atoms with Crippen molar-refractivity contribution in [1.29, 1.82) is 0 Å². The molecule has 0 radical (unpaired) electrons. The maximum Gasteiger partial charge on any atom is 0.257 e. The van der Waals surface area contributed by atoms with Crippen molar-refractivity contribution < 1.29 is 14.1 Å². The van der Waals surface area contributed by atoms with Crippen molar-refractivity contribution in [3.8, 4) is 11.3 Å². The minimum absolute atomic E-state index is 0.172. The summed E-state index contributed by atoms with van der Waals surface area (Å²) in [5.41, 5.74) is 3.61. The maximum atomic E-state index is 13.2. The minimum Gasteiger partial charge on any atom is -0.360 e. The molecule has 1 atom stereocenters. The number of aromatic nitrogens is 1. The van der Waals surface area contributed by atoms with E-state index in [1.807, 2.05) is 61.5 Å². The summed E-state index contributed by atoms with van der Waals surface area (Å²) >= 11 is 0. The number of rotatable bonds is 6. The Morgan fingerprint density at radius 1 is 1.03 bits per heavy atom. The highest BCUT2D eigenvalue weighted by molar-refractivity contribution is 6.03. The molecule has 1 N–H and O–H groups in total. The fourth-order valence-electron chi connectivity index (χ4n) is 3.25. The summed E-state index contributed by atoms with van der Waals surface area (Å²) in [4.78, 5) is 27.4. The SMILES string of the molecule is Cc1ccccc1-c1noc(C)c1C(=O)N[C@H](Cc1ccccc1)C(=O)N(C)C. The number of benzene rings is 2. The second-order valence-electron chi connectivity index (χ2n) is 7.23. The third-order valence-corrected chi connectivity index (χ3v) is 4.82. The normalized spacial score (nSPS) is 11.7. The summed E-state index contributed by atoms with van der Waals surface area (Å²) in [7, 11) is 3.35. The molecule has 0 unspecified atom stereocenters. The molecule has 2 amide bonds. The van der Waals surface area contributed by atoms with Crippen LogP contribution >= 0.6 is 0 Å². The van der Waals surface area contributed by atoms with Crippen LogP contribution in [0.2, 0.25) is 0 Å². The van der Waals surface area contributed by atoms with Crippen LogP contribution < -0.4 is 5.32 Å². The first-order chi connectivity index (χ1) is 13.9. The Kier molecular flexibility index (Phi) is 6.12. The van der Waals surface area contributed by atoms with Gasteiger partial charge in [-0.1, -0.05) is 59.8 Å². The van der Waals surface area contributed by atoms with Crippen LogP contribution in [0.25, 0.3) is 11.3 Å². The van der Waals surface area contributed by atoms with Crippen LogP contribution in [0.5, 0.6) is 0 Å². The summed E-state index contributed by atoms with van der Waals surface area (Å²) in [5.74, 6) is -0.136. The van der Waals surface area contributed by atoms with Gasteiger partial charge in [-0.2, -0.15) is 0 Å². The lowest BCUT2D eigenvalue weighted by molar-refractivity contribution is -0.130. The molecule has 6 heteroatoms. The predicted octanol–water partition coefficient (Wildman–Crippen LogP) is 3.39. The lowest BCUT2D eigenvalue weighted by Gasteiger charge is -2.22. The lowest BCUT2D eigenvalue weighted by atomic mass is 10.00. The zero-order valence-corrected chi connectivity index (χ0v) is 17.1. The van der Waals surface area contributed by atoms with E-state index in [0.717, 1.165) is 16.7 Å². The van der Waals surface area contributed by atoms with Gasteiger partial charge in [-0.05, 0) is 25.0 Å². The first-order valence-electron chi connectivity index (χ1n) is 9.46. The lowest BCUT2D eigenvalue weighted by Crippen LogP contribution is -2.47. The molecule has 29 heavy (non-hydrogen) atoms. The van der Waals surface area contributed by atoms with E-state index in [1.54, 1.807) is 21.0 Å². The Labute approximate surface area is 170 Å². The monoisotopic (exact) mass is 391 g/mol. The Hall–Kier alpha value is -3.41. The first kappa shape index (κ1) is 20.3. The molecular weight excluding hydrogens is 366 g/mol. The quantitative estimate of drug-likeness (QED) is 0.699. The molecule has 0 aliphatic rings. The molecule has 0 saturated heterocycles. The smallest absolute Gasteiger partial charge is 0.257 e. The number of likely N-dealkylation sites (N-methyl/N-ethyl adjacent to an activating group) is 1. The molecule has 1 aromatic heterocycles. The van der Waals surface area contributed by atoms with E-state index in [1.165, 1.54) is 4.90 Å². The van der Waals surface area contributed by atoms with Gasteiger partial charge in [0.25, 0.3) is 5.91 Å². The van der Waals surface area contributed by atoms with Crippen molar-refractivity contribution >= 4 is 11.8 Å². The highest BCUT2D eigenvalue weighted by Crippen LogP contribution is 2.28. The minimum atomic E-state index is -0.695. The van der Waals surface area contributed by atoms with E-state index >= 15 is 0 Å². The number of hydrogen-bond donors (Lipinski definition) is 1. The van der Waals surface area contributed by atoms with Crippen molar-refractivity contribution in [2.24, 2.45) is 0 Å². The second kappa shape index (κ2) is 8.73. The van der Waals surface area contributed by atoms with Gasteiger partial charge >= 0.3 is 0 Å². The first-order valence-corrected chi connectivity index (χ1v) is 9.46. The van der Waals surface area contributed by atoms with Crippen LogP contribution in [-0.2, 0) is 11.2 Å². The standard InChI is InChI=1S/C23H25N3O3/c1-15-10-8-9-13-18(15)21-20(16(2)29-25-21)22(27)24-19(23(28)26(3)4)14-17-11-6-5-7-12-17/h5-13,19H,14H2,1-4H3,(H,24,27)/t19-/m1/s1. The molecule has 6 nitrogen and oxygen atoms in total. The van der Waals surface area contributed by atoms with Gasteiger partial charge < -0.3 is 14.7 Å². The molecule has 0 aliphatic carbocycles. The number of nitrogens with zero attached hydrogens (tertiary/aromatic N) is 2. The van der Waals surface area contributed by atoms with Crippen LogP contribution in [0, 0.1) is 13.8 Å². The third-order valence-electron chi connectivity index (χ3n) is 4.82. The van der Waals surface area contributed by atoms with Crippen LogP contribution in [0.1, 0.15) is 27.2 Å². The zero-order valence-electron chi connectivity index (χ0n) is 17.1. The number of hydrogen-bond acceptors (Lipinski definition) is 4. The number of amides is 2. The number of nitrogens with one attached hydrogen (secondary N) is 1. The van der Waals surface area contributed by atoms with E-state index in [2.05, 4.69) is 10.5 Å². The molecule has 0 bridgehead atoms. The molecule has 0 aliphatic heterocycles. The van der Waals surface area contributed by atoms with Gasteiger partial charge in [0.15, 0.2) is 0 Å². The summed E-state index contributed by atoms with van der Waals surface area (Å²) in [6, 6.07) is 16.6.